The average molecular weight is 238 g/mol. The van der Waals surface area contributed by atoms with E-state index in [1.165, 1.54) is 32.9 Å². The third-order valence-corrected chi connectivity index (χ3v) is 2.28. The summed E-state index contributed by atoms with van der Waals surface area (Å²) in [5, 5.41) is 0. The summed E-state index contributed by atoms with van der Waals surface area (Å²) in [6.45, 7) is 3.81. The van der Waals surface area contributed by atoms with Crippen molar-refractivity contribution in [2.75, 3.05) is 0 Å². The van der Waals surface area contributed by atoms with E-state index in [1.54, 1.807) is 6.08 Å². The summed E-state index contributed by atoms with van der Waals surface area (Å²) < 4.78 is 9.95. The molecule has 5 nitrogen and oxygen atoms in total. The fourth-order valence-electron chi connectivity index (χ4n) is 1.58. The highest BCUT2D eigenvalue weighted by atomic mass is 16.6. The molecule has 0 aromatic carbocycles. The van der Waals surface area contributed by atoms with Crippen molar-refractivity contribution in [2.24, 2.45) is 0 Å². The standard InChI is InChI=1S/C12H14O5/c1-8(13)12(17-10(3)15)6-4-5-11(7-12)16-9(2)14/h4-6H,7H2,1-3H3. The van der Waals surface area contributed by atoms with Gasteiger partial charge in [-0.05, 0) is 19.1 Å². The van der Waals surface area contributed by atoms with E-state index in [-0.39, 0.29) is 12.2 Å². The monoisotopic (exact) mass is 238 g/mol. The maximum Gasteiger partial charge on any atom is 0.307 e. The lowest BCUT2D eigenvalue weighted by Gasteiger charge is -2.29. The number of allylic oxidation sites excluding steroid dienone is 2. The zero-order chi connectivity index (χ0) is 13.1. The summed E-state index contributed by atoms with van der Waals surface area (Å²) >= 11 is 0. The number of carbonyl (C=O) groups excluding carboxylic acids is 3. The molecule has 0 N–H and O–H groups in total. The molecule has 0 saturated heterocycles. The number of rotatable bonds is 3. The van der Waals surface area contributed by atoms with Crippen LogP contribution in [0.1, 0.15) is 27.2 Å². The Hall–Kier alpha value is -1.91. The molecule has 0 aliphatic heterocycles. The fourth-order valence-corrected chi connectivity index (χ4v) is 1.58. The van der Waals surface area contributed by atoms with Crippen molar-refractivity contribution in [3.05, 3.63) is 24.0 Å². The van der Waals surface area contributed by atoms with Crippen molar-refractivity contribution in [3.8, 4) is 0 Å². The first-order chi connectivity index (χ1) is 7.85. The van der Waals surface area contributed by atoms with Crippen LogP contribution in [0, 0.1) is 0 Å². The Labute approximate surface area is 99.1 Å². The van der Waals surface area contributed by atoms with Crippen LogP contribution in [0.15, 0.2) is 24.0 Å². The van der Waals surface area contributed by atoms with Gasteiger partial charge in [-0.3, -0.25) is 14.4 Å². The quantitative estimate of drug-likeness (QED) is 0.693. The molecule has 0 aromatic rings. The summed E-state index contributed by atoms with van der Waals surface area (Å²) in [6.07, 6.45) is 4.62. The number of Topliss-reactive ketones (excluding diaryl/α,β-unsaturated/α-hetero) is 1. The van der Waals surface area contributed by atoms with Gasteiger partial charge >= 0.3 is 11.9 Å². The van der Waals surface area contributed by atoms with Gasteiger partial charge in [0.15, 0.2) is 11.4 Å². The lowest BCUT2D eigenvalue weighted by atomic mass is 9.90. The number of hydrogen-bond donors (Lipinski definition) is 0. The molecule has 0 radical (unpaired) electrons. The van der Waals surface area contributed by atoms with Crippen molar-refractivity contribution in [1.82, 2.24) is 0 Å². The van der Waals surface area contributed by atoms with Gasteiger partial charge in [0, 0.05) is 13.8 Å². The van der Waals surface area contributed by atoms with Crippen LogP contribution in [0.2, 0.25) is 0 Å². The predicted molar refractivity (Wildman–Crippen MR) is 58.8 cm³/mol. The van der Waals surface area contributed by atoms with Crippen LogP contribution < -0.4 is 0 Å². The normalized spacial score (nSPS) is 22.6. The van der Waals surface area contributed by atoms with E-state index >= 15 is 0 Å². The average Bonchev–Trinajstić information content (AvgIpc) is 2.15. The number of carbonyl (C=O) groups is 3. The molecule has 1 rings (SSSR count). The molecule has 0 saturated carbocycles. The van der Waals surface area contributed by atoms with Gasteiger partial charge in [-0.2, -0.15) is 0 Å². The van der Waals surface area contributed by atoms with E-state index in [1.807, 2.05) is 0 Å². The van der Waals surface area contributed by atoms with Gasteiger partial charge in [-0.15, -0.1) is 0 Å². The maximum absolute atomic E-state index is 11.6. The molecule has 1 atom stereocenters. The summed E-state index contributed by atoms with van der Waals surface area (Å²) in [7, 11) is 0. The molecule has 17 heavy (non-hydrogen) atoms. The largest absolute Gasteiger partial charge is 0.446 e. The number of esters is 2. The number of hydrogen-bond acceptors (Lipinski definition) is 5. The maximum atomic E-state index is 11.6. The van der Waals surface area contributed by atoms with Crippen LogP contribution in [0.25, 0.3) is 0 Å². The smallest absolute Gasteiger partial charge is 0.307 e. The Bertz CT molecular complexity index is 419. The van der Waals surface area contributed by atoms with Crippen LogP contribution in [-0.2, 0) is 23.9 Å². The fraction of sp³-hybridized carbons (Fsp3) is 0.417. The van der Waals surface area contributed by atoms with Crippen molar-refractivity contribution in [3.63, 3.8) is 0 Å². The Morgan fingerprint density at radius 3 is 2.29 bits per heavy atom. The van der Waals surface area contributed by atoms with Crippen LogP contribution in [0.5, 0.6) is 0 Å². The molecular formula is C12H14O5. The third-order valence-electron chi connectivity index (χ3n) is 2.28. The number of ketones is 1. The first kappa shape index (κ1) is 13.2. The summed E-state index contributed by atoms with van der Waals surface area (Å²) in [5.41, 5.74) is -1.36. The van der Waals surface area contributed by atoms with Gasteiger partial charge in [0.05, 0.1) is 6.42 Å². The molecule has 1 aliphatic carbocycles. The molecule has 1 aliphatic rings. The summed E-state index contributed by atoms with van der Waals surface area (Å²) in [5.74, 6) is -1.06. The molecule has 5 heteroatoms. The molecule has 0 amide bonds. The highest BCUT2D eigenvalue weighted by Crippen LogP contribution is 2.29. The molecule has 1 unspecified atom stereocenters. The number of ether oxygens (including phenoxy) is 2. The predicted octanol–water partition coefficient (Wildman–Crippen LogP) is 1.28. The molecule has 0 aromatic heterocycles. The topological polar surface area (TPSA) is 69.7 Å². The van der Waals surface area contributed by atoms with Crippen molar-refractivity contribution in [2.45, 2.75) is 32.8 Å². The Kier molecular flexibility index (Phi) is 3.83. The summed E-state index contributed by atoms with van der Waals surface area (Å²) in [6, 6.07) is 0. The molecule has 0 bridgehead atoms. The third kappa shape index (κ3) is 3.27. The van der Waals surface area contributed by atoms with Gasteiger partial charge in [0.1, 0.15) is 5.76 Å². The minimum atomic E-state index is -1.36. The zero-order valence-electron chi connectivity index (χ0n) is 9.98. The second-order valence-electron chi connectivity index (χ2n) is 3.80. The van der Waals surface area contributed by atoms with Crippen molar-refractivity contribution >= 4 is 17.7 Å². The van der Waals surface area contributed by atoms with Gasteiger partial charge < -0.3 is 9.47 Å². The lowest BCUT2D eigenvalue weighted by Crippen LogP contribution is -2.41. The van der Waals surface area contributed by atoms with E-state index in [0.717, 1.165) is 0 Å². The van der Waals surface area contributed by atoms with Crippen LogP contribution >= 0.6 is 0 Å². The van der Waals surface area contributed by atoms with Gasteiger partial charge in [-0.25, -0.2) is 0 Å². The lowest BCUT2D eigenvalue weighted by molar-refractivity contribution is -0.160. The van der Waals surface area contributed by atoms with E-state index in [2.05, 4.69) is 0 Å². The second-order valence-corrected chi connectivity index (χ2v) is 3.80. The van der Waals surface area contributed by atoms with Crippen LogP contribution in [0.3, 0.4) is 0 Å². The minimum absolute atomic E-state index is 0.0397. The Morgan fingerprint density at radius 1 is 1.18 bits per heavy atom. The second kappa shape index (κ2) is 4.95. The van der Waals surface area contributed by atoms with E-state index in [9.17, 15) is 14.4 Å². The van der Waals surface area contributed by atoms with Gasteiger partial charge in [-0.1, -0.05) is 6.08 Å². The van der Waals surface area contributed by atoms with E-state index < -0.39 is 17.5 Å². The first-order valence-electron chi connectivity index (χ1n) is 5.13. The SMILES string of the molecule is CC(=O)OC1=CC=CC(OC(C)=O)(C(C)=O)C1. The summed E-state index contributed by atoms with van der Waals surface area (Å²) in [4.78, 5) is 33.4. The van der Waals surface area contributed by atoms with Crippen molar-refractivity contribution < 1.29 is 23.9 Å². The van der Waals surface area contributed by atoms with E-state index in [0.29, 0.717) is 5.76 Å². The van der Waals surface area contributed by atoms with Crippen LogP contribution in [-0.4, -0.2) is 23.3 Å². The molecule has 0 fully saturated rings. The molecular weight excluding hydrogens is 224 g/mol. The first-order valence-corrected chi connectivity index (χ1v) is 5.13. The minimum Gasteiger partial charge on any atom is -0.446 e. The van der Waals surface area contributed by atoms with Crippen molar-refractivity contribution in [1.29, 1.82) is 0 Å². The molecule has 92 valence electrons. The molecule has 0 heterocycles. The van der Waals surface area contributed by atoms with Crippen LogP contribution in [0.4, 0.5) is 0 Å². The highest BCUT2D eigenvalue weighted by molar-refractivity contribution is 5.90. The van der Waals surface area contributed by atoms with Gasteiger partial charge in [0.25, 0.3) is 0 Å². The highest BCUT2D eigenvalue weighted by Gasteiger charge is 2.39. The van der Waals surface area contributed by atoms with E-state index in [4.69, 9.17) is 9.47 Å². The zero-order valence-corrected chi connectivity index (χ0v) is 9.98. The Balaban J connectivity index is 2.93. The molecule has 0 spiro atoms. The van der Waals surface area contributed by atoms with Gasteiger partial charge in [0.2, 0.25) is 0 Å². The Morgan fingerprint density at radius 2 is 1.82 bits per heavy atom.